The van der Waals surface area contributed by atoms with Gasteiger partial charge in [0.2, 0.25) is 17.9 Å². The zero-order valence-corrected chi connectivity index (χ0v) is 15.6. The SMILES string of the molecule is C[C@@H](Sc1nnc(-c2cccc(F)c2)n1N)C(=O)Nc1ccc2c(c1)OCO2. The second-order valence-electron chi connectivity index (χ2n) is 6.00. The number of aromatic nitrogens is 3. The van der Waals surface area contributed by atoms with Crippen LogP contribution in [0.5, 0.6) is 11.5 Å². The molecule has 1 aliphatic heterocycles. The van der Waals surface area contributed by atoms with Crippen LogP contribution in [0.2, 0.25) is 0 Å². The minimum Gasteiger partial charge on any atom is -0.454 e. The number of carbonyl (C=O) groups is 1. The van der Waals surface area contributed by atoms with Crippen molar-refractivity contribution < 1.29 is 18.7 Å². The van der Waals surface area contributed by atoms with E-state index in [4.69, 9.17) is 15.3 Å². The quantitative estimate of drug-likeness (QED) is 0.500. The highest BCUT2D eigenvalue weighted by Gasteiger charge is 2.21. The number of benzene rings is 2. The Kier molecular flexibility index (Phi) is 4.78. The zero-order chi connectivity index (χ0) is 19.7. The number of carbonyl (C=O) groups excluding carboxylic acids is 1. The lowest BCUT2D eigenvalue weighted by molar-refractivity contribution is -0.115. The molecule has 1 amide bonds. The van der Waals surface area contributed by atoms with E-state index < -0.39 is 11.1 Å². The van der Waals surface area contributed by atoms with E-state index in [2.05, 4.69) is 15.5 Å². The number of thioether (sulfide) groups is 1. The van der Waals surface area contributed by atoms with Crippen LogP contribution in [-0.4, -0.2) is 32.8 Å². The molecule has 10 heteroatoms. The summed E-state index contributed by atoms with van der Waals surface area (Å²) in [7, 11) is 0. The molecule has 1 aromatic heterocycles. The first-order chi connectivity index (χ1) is 13.5. The van der Waals surface area contributed by atoms with Crippen molar-refractivity contribution in [1.29, 1.82) is 0 Å². The molecule has 4 rings (SSSR count). The molecule has 0 saturated carbocycles. The first-order valence-corrected chi connectivity index (χ1v) is 9.23. The summed E-state index contributed by atoms with van der Waals surface area (Å²) in [6.07, 6.45) is 0. The third-order valence-corrected chi connectivity index (χ3v) is 5.10. The van der Waals surface area contributed by atoms with Crippen molar-refractivity contribution in [3.05, 3.63) is 48.3 Å². The van der Waals surface area contributed by atoms with Gasteiger partial charge in [-0.3, -0.25) is 4.79 Å². The van der Waals surface area contributed by atoms with Crippen LogP contribution in [0.1, 0.15) is 6.92 Å². The van der Waals surface area contributed by atoms with Gasteiger partial charge in [-0.05, 0) is 31.2 Å². The lowest BCUT2D eigenvalue weighted by Gasteiger charge is -2.12. The highest BCUT2D eigenvalue weighted by Crippen LogP contribution is 2.34. The van der Waals surface area contributed by atoms with Crippen molar-refractivity contribution >= 4 is 23.4 Å². The molecule has 0 radical (unpaired) electrons. The van der Waals surface area contributed by atoms with E-state index in [1.165, 1.54) is 16.8 Å². The highest BCUT2D eigenvalue weighted by molar-refractivity contribution is 8.00. The van der Waals surface area contributed by atoms with E-state index in [-0.39, 0.29) is 12.7 Å². The lowest BCUT2D eigenvalue weighted by atomic mass is 10.2. The zero-order valence-electron chi connectivity index (χ0n) is 14.8. The largest absolute Gasteiger partial charge is 0.454 e. The summed E-state index contributed by atoms with van der Waals surface area (Å²) in [4.78, 5) is 12.5. The fraction of sp³-hybridized carbons (Fsp3) is 0.167. The molecule has 1 aliphatic rings. The van der Waals surface area contributed by atoms with Crippen LogP contribution in [0.15, 0.2) is 47.6 Å². The molecule has 3 N–H and O–H groups in total. The third-order valence-electron chi connectivity index (χ3n) is 4.04. The summed E-state index contributed by atoms with van der Waals surface area (Å²) in [5, 5.41) is 10.7. The molecule has 2 aromatic carbocycles. The van der Waals surface area contributed by atoms with Crippen molar-refractivity contribution in [2.24, 2.45) is 0 Å². The number of nitrogen functional groups attached to an aromatic ring is 1. The average molecular weight is 401 g/mol. The van der Waals surface area contributed by atoms with Crippen molar-refractivity contribution in [1.82, 2.24) is 14.9 Å². The minimum atomic E-state index is -0.503. The van der Waals surface area contributed by atoms with E-state index in [1.54, 1.807) is 37.3 Å². The Morgan fingerprint density at radius 3 is 2.89 bits per heavy atom. The number of ether oxygens (including phenoxy) is 2. The van der Waals surface area contributed by atoms with Crippen LogP contribution in [0, 0.1) is 5.82 Å². The van der Waals surface area contributed by atoms with Gasteiger partial charge in [-0.15, -0.1) is 10.2 Å². The van der Waals surface area contributed by atoms with Crippen molar-refractivity contribution in [3.8, 4) is 22.9 Å². The Morgan fingerprint density at radius 1 is 1.25 bits per heavy atom. The Bertz CT molecular complexity index is 1040. The second-order valence-corrected chi connectivity index (χ2v) is 7.31. The summed E-state index contributed by atoms with van der Waals surface area (Å²) in [6.45, 7) is 1.89. The Hall–Kier alpha value is -3.27. The van der Waals surface area contributed by atoms with Gasteiger partial charge in [0.05, 0.1) is 5.25 Å². The number of nitrogens with one attached hydrogen (secondary N) is 1. The molecule has 0 spiro atoms. The first kappa shape index (κ1) is 18.1. The van der Waals surface area contributed by atoms with Gasteiger partial charge in [0.15, 0.2) is 17.3 Å². The summed E-state index contributed by atoms with van der Waals surface area (Å²) >= 11 is 1.15. The highest BCUT2D eigenvalue weighted by atomic mass is 32.2. The van der Waals surface area contributed by atoms with Crippen LogP contribution in [0.25, 0.3) is 11.4 Å². The van der Waals surface area contributed by atoms with Crippen LogP contribution < -0.4 is 20.6 Å². The first-order valence-electron chi connectivity index (χ1n) is 8.35. The molecule has 0 aliphatic carbocycles. The van der Waals surface area contributed by atoms with Crippen LogP contribution in [-0.2, 0) is 4.79 Å². The summed E-state index contributed by atoms with van der Waals surface area (Å²) in [5.74, 6) is 6.93. The Morgan fingerprint density at radius 2 is 2.07 bits per heavy atom. The molecule has 1 atom stereocenters. The van der Waals surface area contributed by atoms with Crippen molar-refractivity contribution in [2.75, 3.05) is 18.0 Å². The summed E-state index contributed by atoms with van der Waals surface area (Å²) < 4.78 is 25.2. The third kappa shape index (κ3) is 3.58. The number of halogens is 1. The molecule has 0 fully saturated rings. The maximum absolute atomic E-state index is 13.4. The minimum absolute atomic E-state index is 0.165. The summed E-state index contributed by atoms with van der Waals surface area (Å²) in [5.41, 5.74) is 1.09. The maximum atomic E-state index is 13.4. The second kappa shape index (κ2) is 7.39. The molecular formula is C18H16FN5O3S. The topological polar surface area (TPSA) is 104 Å². The lowest BCUT2D eigenvalue weighted by Crippen LogP contribution is -2.23. The molecule has 8 nitrogen and oxygen atoms in total. The fourth-order valence-corrected chi connectivity index (χ4v) is 3.38. The standard InChI is InChI=1S/C18H16FN5O3S/c1-10(17(25)21-13-5-6-14-15(8-13)27-9-26-14)28-18-23-22-16(24(18)20)11-3-2-4-12(19)7-11/h2-8,10H,9,20H2,1H3,(H,21,25)/t10-/m1/s1. The number of hydrogen-bond acceptors (Lipinski definition) is 7. The van der Waals surface area contributed by atoms with E-state index >= 15 is 0 Å². The number of anilines is 1. The molecule has 0 saturated heterocycles. The van der Waals surface area contributed by atoms with Crippen LogP contribution >= 0.6 is 11.8 Å². The molecule has 2 heterocycles. The van der Waals surface area contributed by atoms with Gasteiger partial charge in [0, 0.05) is 17.3 Å². The van der Waals surface area contributed by atoms with E-state index in [0.717, 1.165) is 11.8 Å². The molecular weight excluding hydrogens is 385 g/mol. The Labute approximate surface area is 163 Å². The predicted octanol–water partition coefficient (Wildman–Crippen LogP) is 2.65. The number of rotatable bonds is 5. The van der Waals surface area contributed by atoms with Gasteiger partial charge in [0.1, 0.15) is 5.82 Å². The number of amides is 1. The van der Waals surface area contributed by atoms with Gasteiger partial charge in [-0.1, -0.05) is 23.9 Å². The Balaban J connectivity index is 1.45. The fourth-order valence-electron chi connectivity index (χ4n) is 2.61. The van der Waals surface area contributed by atoms with Gasteiger partial charge in [-0.25, -0.2) is 9.07 Å². The predicted molar refractivity (Wildman–Crippen MR) is 102 cm³/mol. The normalized spacial score (nSPS) is 13.4. The number of nitrogens with zero attached hydrogens (tertiary/aromatic N) is 3. The van der Waals surface area contributed by atoms with Crippen LogP contribution in [0.4, 0.5) is 10.1 Å². The summed E-state index contributed by atoms with van der Waals surface area (Å²) in [6, 6.07) is 11.1. The van der Waals surface area contributed by atoms with Gasteiger partial charge >= 0.3 is 0 Å². The number of nitrogens with two attached hydrogens (primary N) is 1. The van der Waals surface area contributed by atoms with Crippen molar-refractivity contribution in [3.63, 3.8) is 0 Å². The van der Waals surface area contributed by atoms with Gasteiger partial charge in [0.25, 0.3) is 0 Å². The van der Waals surface area contributed by atoms with E-state index in [1.807, 2.05) is 0 Å². The maximum Gasteiger partial charge on any atom is 0.237 e. The molecule has 0 bridgehead atoms. The van der Waals surface area contributed by atoms with Gasteiger partial charge in [-0.2, -0.15) is 0 Å². The molecule has 0 unspecified atom stereocenters. The average Bonchev–Trinajstić information content (AvgIpc) is 3.28. The van der Waals surface area contributed by atoms with Crippen LogP contribution in [0.3, 0.4) is 0 Å². The van der Waals surface area contributed by atoms with E-state index in [0.29, 0.717) is 33.7 Å². The molecule has 3 aromatic rings. The number of fused-ring (bicyclic) bond motifs is 1. The van der Waals surface area contributed by atoms with Gasteiger partial charge < -0.3 is 20.6 Å². The number of hydrogen-bond donors (Lipinski definition) is 2. The van der Waals surface area contributed by atoms with Crippen molar-refractivity contribution in [2.45, 2.75) is 17.3 Å². The van der Waals surface area contributed by atoms with E-state index in [9.17, 15) is 9.18 Å². The monoisotopic (exact) mass is 401 g/mol. The molecule has 144 valence electrons. The molecule has 28 heavy (non-hydrogen) atoms. The smallest absolute Gasteiger partial charge is 0.237 e.